The fourth-order valence-electron chi connectivity index (χ4n) is 2.35. The molecule has 0 radical (unpaired) electrons. The second-order valence-corrected chi connectivity index (χ2v) is 8.25. The Bertz CT molecular complexity index is 996. The maximum absolute atomic E-state index is 11.9. The van der Waals surface area contributed by atoms with Crippen LogP contribution in [0.15, 0.2) is 34.8 Å². The van der Waals surface area contributed by atoms with Crippen LogP contribution in [0.25, 0.3) is 16.9 Å². The van der Waals surface area contributed by atoms with E-state index in [2.05, 4.69) is 26.2 Å². The molecule has 3 aromatic heterocycles. The van der Waals surface area contributed by atoms with Gasteiger partial charge in [-0.1, -0.05) is 13.0 Å². The molecule has 0 N–H and O–H groups in total. The van der Waals surface area contributed by atoms with Crippen molar-refractivity contribution in [2.24, 2.45) is 4.36 Å². The van der Waals surface area contributed by atoms with Gasteiger partial charge in [-0.05, 0) is 36.2 Å². The van der Waals surface area contributed by atoms with E-state index in [9.17, 15) is 4.21 Å². The zero-order valence-corrected chi connectivity index (χ0v) is 14.6. The van der Waals surface area contributed by atoms with Crippen molar-refractivity contribution in [3.8, 4) is 5.82 Å². The molecule has 120 valence electrons. The van der Waals surface area contributed by atoms with Crippen molar-refractivity contribution in [2.45, 2.75) is 13.3 Å². The second-order valence-electron chi connectivity index (χ2n) is 5.37. The number of halogens is 1. The van der Waals surface area contributed by atoms with Crippen molar-refractivity contribution >= 4 is 38.2 Å². The van der Waals surface area contributed by atoms with E-state index in [1.165, 1.54) is 0 Å². The van der Waals surface area contributed by atoms with Crippen molar-refractivity contribution in [1.29, 1.82) is 0 Å². The summed E-state index contributed by atoms with van der Waals surface area (Å²) in [6, 6.07) is 7.44. The first kappa shape index (κ1) is 15.9. The summed E-state index contributed by atoms with van der Waals surface area (Å²) in [4.78, 5) is 12.8. The molecular formula is C15H16ClN5OS. The third-order valence-electron chi connectivity index (χ3n) is 3.21. The molecule has 0 aliphatic rings. The second kappa shape index (κ2) is 5.90. The fraction of sp³-hybridized carbons (Fsp3) is 0.267. The van der Waals surface area contributed by atoms with Gasteiger partial charge in [-0.2, -0.15) is 9.35 Å². The summed E-state index contributed by atoms with van der Waals surface area (Å²) in [6.07, 6.45) is 5.66. The van der Waals surface area contributed by atoms with Gasteiger partial charge in [0.2, 0.25) is 5.28 Å². The van der Waals surface area contributed by atoms with E-state index in [4.69, 9.17) is 11.6 Å². The zero-order chi connectivity index (χ0) is 16.6. The Kier molecular flexibility index (Phi) is 4.08. The van der Waals surface area contributed by atoms with Gasteiger partial charge < -0.3 is 0 Å². The Morgan fingerprint density at radius 1 is 1.30 bits per heavy atom. The molecule has 3 aromatic rings. The van der Waals surface area contributed by atoms with E-state index in [1.54, 1.807) is 24.8 Å². The quantitative estimate of drug-likeness (QED) is 0.679. The minimum Gasteiger partial charge on any atom is -0.282 e. The first-order chi connectivity index (χ1) is 10.9. The average molecular weight is 350 g/mol. The number of rotatable bonds is 3. The van der Waals surface area contributed by atoms with Crippen LogP contribution < -0.4 is 0 Å². The molecule has 0 aliphatic heterocycles. The highest BCUT2D eigenvalue weighted by Gasteiger charge is 2.13. The van der Waals surface area contributed by atoms with Crippen molar-refractivity contribution in [3.05, 3.63) is 41.4 Å². The van der Waals surface area contributed by atoms with Crippen LogP contribution in [0.3, 0.4) is 0 Å². The van der Waals surface area contributed by atoms with Crippen molar-refractivity contribution in [3.63, 3.8) is 0 Å². The van der Waals surface area contributed by atoms with Gasteiger partial charge in [-0.3, -0.25) is 4.57 Å². The summed E-state index contributed by atoms with van der Waals surface area (Å²) in [6.45, 7) is 2.05. The lowest BCUT2D eigenvalue weighted by Gasteiger charge is -2.08. The number of fused-ring (bicyclic) bond motifs is 1. The fourth-order valence-corrected chi connectivity index (χ4v) is 3.03. The number of pyridine rings is 1. The van der Waals surface area contributed by atoms with Crippen LogP contribution >= 0.6 is 11.6 Å². The van der Waals surface area contributed by atoms with Crippen molar-refractivity contribution < 1.29 is 4.21 Å². The smallest absolute Gasteiger partial charge is 0.224 e. The Morgan fingerprint density at radius 2 is 2.09 bits per heavy atom. The molecule has 0 saturated carbocycles. The van der Waals surface area contributed by atoms with Gasteiger partial charge in [0.25, 0.3) is 0 Å². The zero-order valence-electron chi connectivity index (χ0n) is 13.0. The van der Waals surface area contributed by atoms with Crippen LogP contribution in [-0.2, 0) is 16.1 Å². The van der Waals surface area contributed by atoms with Crippen LogP contribution in [0.1, 0.15) is 12.6 Å². The van der Waals surface area contributed by atoms with Gasteiger partial charge >= 0.3 is 0 Å². The highest BCUT2D eigenvalue weighted by atomic mass is 35.5. The highest BCUT2D eigenvalue weighted by Crippen LogP contribution is 2.24. The Balaban J connectivity index is 2.26. The van der Waals surface area contributed by atoms with Crippen LogP contribution in [0.5, 0.6) is 0 Å². The van der Waals surface area contributed by atoms with Crippen molar-refractivity contribution in [1.82, 2.24) is 19.5 Å². The molecule has 0 aromatic carbocycles. The molecule has 0 spiro atoms. The Hall–Kier alpha value is -1.99. The van der Waals surface area contributed by atoms with E-state index < -0.39 is 9.73 Å². The summed E-state index contributed by atoms with van der Waals surface area (Å²) in [5.74, 6) is 1.10. The molecule has 6 nitrogen and oxygen atoms in total. The Morgan fingerprint density at radius 3 is 2.78 bits per heavy atom. The lowest BCUT2D eigenvalue weighted by molar-refractivity contribution is 0.684. The summed E-state index contributed by atoms with van der Waals surface area (Å²) < 4.78 is 18.0. The molecule has 0 saturated heterocycles. The molecule has 0 atom stereocenters. The highest BCUT2D eigenvalue weighted by molar-refractivity contribution is 7.92. The first-order valence-corrected chi connectivity index (χ1v) is 9.76. The van der Waals surface area contributed by atoms with Crippen LogP contribution in [0.4, 0.5) is 5.82 Å². The topological polar surface area (TPSA) is 73.0 Å². The van der Waals surface area contributed by atoms with Gasteiger partial charge in [-0.15, -0.1) is 0 Å². The minimum absolute atomic E-state index is 0.186. The van der Waals surface area contributed by atoms with Gasteiger partial charge in [0.05, 0.1) is 0 Å². The predicted molar refractivity (Wildman–Crippen MR) is 93.1 cm³/mol. The van der Waals surface area contributed by atoms with Crippen molar-refractivity contribution in [2.75, 3.05) is 12.5 Å². The minimum atomic E-state index is -2.27. The normalized spacial score (nSPS) is 11.8. The van der Waals surface area contributed by atoms with Gasteiger partial charge in [-0.25, -0.2) is 14.2 Å². The first-order valence-electron chi connectivity index (χ1n) is 7.05. The molecular weight excluding hydrogens is 334 g/mol. The molecule has 23 heavy (non-hydrogen) atoms. The lowest BCUT2D eigenvalue weighted by Crippen LogP contribution is -2.03. The molecule has 0 amide bonds. The number of hydrogen-bond donors (Lipinski definition) is 0. The lowest BCUT2D eigenvalue weighted by atomic mass is 10.3. The largest absolute Gasteiger partial charge is 0.282 e. The summed E-state index contributed by atoms with van der Waals surface area (Å²) >= 11 is 5.94. The van der Waals surface area contributed by atoms with E-state index >= 15 is 0 Å². The molecule has 8 heteroatoms. The van der Waals surface area contributed by atoms with E-state index in [0.29, 0.717) is 17.3 Å². The van der Waals surface area contributed by atoms with E-state index in [0.717, 1.165) is 17.5 Å². The summed E-state index contributed by atoms with van der Waals surface area (Å²) in [5, 5.41) is 1.08. The van der Waals surface area contributed by atoms with Gasteiger partial charge in [0.1, 0.15) is 5.82 Å². The van der Waals surface area contributed by atoms with Crippen LogP contribution in [-0.4, -0.2) is 36.2 Å². The van der Waals surface area contributed by atoms with E-state index in [1.807, 2.05) is 22.8 Å². The summed E-state index contributed by atoms with van der Waals surface area (Å²) in [5.41, 5.74) is 1.73. The number of hydrogen-bond acceptors (Lipinski definition) is 5. The third-order valence-corrected chi connectivity index (χ3v) is 4.02. The summed E-state index contributed by atoms with van der Waals surface area (Å²) in [7, 11) is -2.27. The van der Waals surface area contributed by atoms with Gasteiger partial charge in [0.15, 0.2) is 11.5 Å². The van der Waals surface area contributed by atoms with Crippen LogP contribution in [0.2, 0.25) is 5.28 Å². The molecule has 0 bridgehead atoms. The Labute approximate surface area is 139 Å². The standard InChI is InChI=1S/C15H16ClN5OS/c1-4-11-8-10-9-17-15(16)19-14(10)21(11)13-7-5-6-12(18-13)20-23(2,3)22/h5-9H,4H2,1-3H3. The predicted octanol–water partition coefficient (Wildman–Crippen LogP) is 3.39. The molecule has 0 aliphatic carbocycles. The number of nitrogens with zero attached hydrogens (tertiary/aromatic N) is 5. The number of aryl methyl sites for hydroxylation is 1. The molecule has 3 rings (SSSR count). The monoisotopic (exact) mass is 349 g/mol. The molecule has 3 heterocycles. The SMILES string of the molecule is CCc1cc2cnc(Cl)nc2n1-c1cccc(N=S(C)(C)=O)n1. The maximum atomic E-state index is 11.9. The van der Waals surface area contributed by atoms with Crippen LogP contribution in [0, 0.1) is 0 Å². The van der Waals surface area contributed by atoms with Gasteiger partial charge in [0, 0.05) is 39.5 Å². The maximum Gasteiger partial charge on any atom is 0.224 e. The average Bonchev–Trinajstić information content (AvgIpc) is 2.83. The number of aromatic nitrogens is 4. The molecule has 0 fully saturated rings. The van der Waals surface area contributed by atoms with E-state index in [-0.39, 0.29) is 5.28 Å². The third kappa shape index (κ3) is 3.35. The molecule has 0 unspecified atom stereocenters.